The molecule has 1 rings (SSSR count). The van der Waals surface area contributed by atoms with Crippen LogP contribution in [0.15, 0.2) is 0 Å². The molecular weight excluding hydrogens is 114 g/mol. The molecule has 0 bridgehead atoms. The van der Waals surface area contributed by atoms with Crippen LogP contribution >= 0.6 is 0 Å². The van der Waals surface area contributed by atoms with E-state index in [-0.39, 0.29) is 0 Å². The molecule has 0 aromatic carbocycles. The van der Waals surface area contributed by atoms with Gasteiger partial charge < -0.3 is 4.90 Å². The van der Waals surface area contributed by atoms with Crippen LogP contribution in [0.5, 0.6) is 0 Å². The molecule has 0 N–H and O–H groups in total. The fourth-order valence-electron chi connectivity index (χ4n) is 0.995. The van der Waals surface area contributed by atoms with E-state index in [1.807, 2.05) is 4.90 Å². The van der Waals surface area contributed by atoms with E-state index in [2.05, 4.69) is 13.8 Å². The Kier molecular flexibility index (Phi) is 1.74. The van der Waals surface area contributed by atoms with Crippen molar-refractivity contribution >= 4 is 5.91 Å². The van der Waals surface area contributed by atoms with E-state index in [0.717, 1.165) is 19.5 Å². The molecule has 0 atom stereocenters. The zero-order valence-corrected chi connectivity index (χ0v) is 6.05. The number of nitrogens with zero attached hydrogens (tertiary/aromatic N) is 1. The molecule has 0 unspecified atom stereocenters. The Morgan fingerprint density at radius 1 is 1.67 bits per heavy atom. The van der Waals surface area contributed by atoms with E-state index < -0.39 is 0 Å². The second-order valence-corrected chi connectivity index (χ2v) is 2.98. The van der Waals surface area contributed by atoms with Gasteiger partial charge in [-0.2, -0.15) is 0 Å². The highest BCUT2D eigenvalue weighted by molar-refractivity contribution is 5.81. The summed E-state index contributed by atoms with van der Waals surface area (Å²) in [5.41, 5.74) is 0. The summed E-state index contributed by atoms with van der Waals surface area (Å²) in [4.78, 5) is 12.6. The highest BCUT2D eigenvalue weighted by atomic mass is 16.2. The maximum absolute atomic E-state index is 10.7. The second kappa shape index (κ2) is 2.38. The molecular formula is C7H13NO. The summed E-state index contributed by atoms with van der Waals surface area (Å²) >= 11 is 0. The van der Waals surface area contributed by atoms with Crippen molar-refractivity contribution in [2.45, 2.75) is 20.3 Å². The number of likely N-dealkylation sites (tertiary alicyclic amines) is 1. The molecule has 0 spiro atoms. The van der Waals surface area contributed by atoms with Crippen LogP contribution in [0.1, 0.15) is 20.3 Å². The van der Waals surface area contributed by atoms with E-state index >= 15 is 0 Å². The maximum atomic E-state index is 10.7. The largest absolute Gasteiger partial charge is 0.342 e. The van der Waals surface area contributed by atoms with Gasteiger partial charge >= 0.3 is 0 Å². The number of hydrogen-bond acceptors (Lipinski definition) is 1. The van der Waals surface area contributed by atoms with Crippen molar-refractivity contribution < 1.29 is 4.79 Å². The quantitative estimate of drug-likeness (QED) is 0.504. The van der Waals surface area contributed by atoms with Crippen molar-refractivity contribution in [1.29, 1.82) is 0 Å². The lowest BCUT2D eigenvalue weighted by Gasteiger charge is -2.31. The fourth-order valence-corrected chi connectivity index (χ4v) is 0.995. The van der Waals surface area contributed by atoms with Gasteiger partial charge in [-0.05, 0) is 5.92 Å². The first-order valence-electron chi connectivity index (χ1n) is 3.48. The highest BCUT2D eigenvalue weighted by Gasteiger charge is 2.23. The van der Waals surface area contributed by atoms with Gasteiger partial charge in [0.25, 0.3) is 0 Å². The summed E-state index contributed by atoms with van der Waals surface area (Å²) in [7, 11) is 0. The SMILES string of the molecule is CC(C)CN1CCC1=O. The number of carbonyl (C=O) groups excluding carboxylic acids is 1. The third kappa shape index (κ3) is 1.44. The van der Waals surface area contributed by atoms with Crippen LogP contribution in [0.4, 0.5) is 0 Å². The van der Waals surface area contributed by atoms with Gasteiger partial charge in [0.1, 0.15) is 0 Å². The van der Waals surface area contributed by atoms with Gasteiger partial charge in [0.15, 0.2) is 0 Å². The minimum absolute atomic E-state index is 0.323. The molecule has 9 heavy (non-hydrogen) atoms. The van der Waals surface area contributed by atoms with E-state index in [4.69, 9.17) is 0 Å². The van der Waals surface area contributed by atoms with Crippen LogP contribution in [0.2, 0.25) is 0 Å². The summed E-state index contributed by atoms with van der Waals surface area (Å²) in [6, 6.07) is 0. The summed E-state index contributed by atoms with van der Waals surface area (Å²) < 4.78 is 0. The van der Waals surface area contributed by atoms with E-state index in [1.165, 1.54) is 0 Å². The lowest BCUT2D eigenvalue weighted by molar-refractivity contribution is -0.140. The molecule has 0 aromatic rings. The Balaban J connectivity index is 2.21. The van der Waals surface area contributed by atoms with Crippen molar-refractivity contribution in [1.82, 2.24) is 4.90 Å². The Labute approximate surface area is 55.8 Å². The fraction of sp³-hybridized carbons (Fsp3) is 0.857. The average molecular weight is 127 g/mol. The van der Waals surface area contributed by atoms with Gasteiger partial charge in [0, 0.05) is 19.5 Å². The molecule has 0 saturated carbocycles. The maximum Gasteiger partial charge on any atom is 0.224 e. The first-order valence-corrected chi connectivity index (χ1v) is 3.48. The van der Waals surface area contributed by atoms with Crippen LogP contribution in [-0.2, 0) is 4.79 Å². The highest BCUT2D eigenvalue weighted by Crippen LogP contribution is 2.10. The van der Waals surface area contributed by atoms with Crippen LogP contribution in [0.3, 0.4) is 0 Å². The van der Waals surface area contributed by atoms with E-state index in [1.54, 1.807) is 0 Å². The lowest BCUT2D eigenvalue weighted by atomic mass is 10.1. The number of hydrogen-bond donors (Lipinski definition) is 0. The normalized spacial score (nSPS) is 18.6. The predicted molar refractivity (Wildman–Crippen MR) is 36.0 cm³/mol. The van der Waals surface area contributed by atoms with Crippen LogP contribution in [0, 0.1) is 5.92 Å². The minimum Gasteiger partial charge on any atom is -0.342 e. The number of amides is 1. The van der Waals surface area contributed by atoms with E-state index in [0.29, 0.717) is 11.8 Å². The summed E-state index contributed by atoms with van der Waals surface area (Å²) in [5, 5.41) is 0. The third-order valence-electron chi connectivity index (χ3n) is 1.53. The van der Waals surface area contributed by atoms with Crippen molar-refractivity contribution in [3.63, 3.8) is 0 Å². The summed E-state index contributed by atoms with van der Waals surface area (Å²) in [5.74, 6) is 0.943. The zero-order chi connectivity index (χ0) is 6.85. The second-order valence-electron chi connectivity index (χ2n) is 2.98. The average Bonchev–Trinajstić information content (AvgIpc) is 1.79. The lowest BCUT2D eigenvalue weighted by Crippen LogP contribution is -2.45. The van der Waals surface area contributed by atoms with Crippen molar-refractivity contribution in [2.75, 3.05) is 13.1 Å². The Bertz CT molecular complexity index is 120. The molecule has 1 saturated heterocycles. The Morgan fingerprint density at radius 2 is 2.33 bits per heavy atom. The smallest absolute Gasteiger partial charge is 0.224 e. The molecule has 1 fully saturated rings. The third-order valence-corrected chi connectivity index (χ3v) is 1.53. The van der Waals surface area contributed by atoms with Crippen molar-refractivity contribution in [2.24, 2.45) is 5.92 Å². The van der Waals surface area contributed by atoms with Crippen LogP contribution in [0.25, 0.3) is 0 Å². The first-order chi connectivity index (χ1) is 4.20. The van der Waals surface area contributed by atoms with Gasteiger partial charge in [0.2, 0.25) is 5.91 Å². The van der Waals surface area contributed by atoms with Crippen molar-refractivity contribution in [3.05, 3.63) is 0 Å². The molecule has 2 nitrogen and oxygen atoms in total. The Hall–Kier alpha value is -0.530. The first kappa shape index (κ1) is 6.59. The van der Waals surface area contributed by atoms with Gasteiger partial charge in [-0.1, -0.05) is 13.8 Å². The number of β-lactam (4-membered cyclic amide) rings is 1. The molecule has 1 aliphatic heterocycles. The van der Waals surface area contributed by atoms with Gasteiger partial charge in [-0.3, -0.25) is 4.79 Å². The zero-order valence-electron chi connectivity index (χ0n) is 6.05. The molecule has 0 aliphatic carbocycles. The van der Waals surface area contributed by atoms with Crippen LogP contribution in [-0.4, -0.2) is 23.9 Å². The number of carbonyl (C=O) groups is 1. The monoisotopic (exact) mass is 127 g/mol. The Morgan fingerprint density at radius 3 is 2.44 bits per heavy atom. The van der Waals surface area contributed by atoms with Gasteiger partial charge in [-0.15, -0.1) is 0 Å². The molecule has 1 heterocycles. The summed E-state index contributed by atoms with van der Waals surface area (Å²) in [6.07, 6.45) is 0.771. The molecule has 1 aliphatic rings. The topological polar surface area (TPSA) is 20.3 Å². The molecule has 2 heteroatoms. The minimum atomic E-state index is 0.323. The molecule has 1 amide bonds. The van der Waals surface area contributed by atoms with Crippen molar-refractivity contribution in [3.8, 4) is 0 Å². The molecule has 52 valence electrons. The number of rotatable bonds is 2. The molecule has 0 radical (unpaired) electrons. The van der Waals surface area contributed by atoms with Gasteiger partial charge in [0.05, 0.1) is 0 Å². The standard InChI is InChI=1S/C7H13NO/c1-6(2)5-8-4-3-7(8)9/h6H,3-5H2,1-2H3. The summed E-state index contributed by atoms with van der Waals surface area (Å²) in [6.45, 7) is 6.19. The van der Waals surface area contributed by atoms with E-state index in [9.17, 15) is 4.79 Å². The molecule has 0 aromatic heterocycles. The van der Waals surface area contributed by atoms with Gasteiger partial charge in [-0.25, -0.2) is 0 Å². The predicted octanol–water partition coefficient (Wildman–Crippen LogP) is 0.875. The van der Waals surface area contributed by atoms with Crippen LogP contribution < -0.4 is 0 Å².